The molecule has 2 aliphatic rings. The van der Waals surface area contributed by atoms with Crippen molar-refractivity contribution in [1.29, 1.82) is 0 Å². The van der Waals surface area contributed by atoms with Gasteiger partial charge in [-0.25, -0.2) is 4.79 Å². The monoisotopic (exact) mass is 213 g/mol. The molecular weight excluding hydrogens is 198 g/mol. The van der Waals surface area contributed by atoms with E-state index in [2.05, 4.69) is 10.1 Å². The maximum atomic E-state index is 11.0. The first-order chi connectivity index (χ1) is 7.12. The molecule has 0 aromatic heterocycles. The Kier molecular flexibility index (Phi) is 2.65. The van der Waals surface area contributed by atoms with Crippen LogP contribution in [-0.4, -0.2) is 29.8 Å². The molecule has 1 unspecified atom stereocenters. The maximum absolute atomic E-state index is 11.0. The number of rotatable bonds is 3. The van der Waals surface area contributed by atoms with Crippen LogP contribution in [-0.2, 0) is 9.53 Å². The van der Waals surface area contributed by atoms with Crippen LogP contribution in [0.4, 0.5) is 4.79 Å². The first-order valence-electron chi connectivity index (χ1n) is 5.29. The highest BCUT2D eigenvalue weighted by atomic mass is 16.7. The average molecular weight is 213 g/mol. The topological polar surface area (TPSA) is 75.6 Å². The van der Waals surface area contributed by atoms with Crippen LogP contribution in [0.2, 0.25) is 0 Å². The number of ether oxygens (including phenoxy) is 1. The van der Waals surface area contributed by atoms with Crippen molar-refractivity contribution in [3.63, 3.8) is 0 Å². The second-order valence-corrected chi connectivity index (χ2v) is 4.43. The minimum Gasteiger partial charge on any atom is -0.449 e. The SMILES string of the molecule is O=C(O)OC(=O)CNC1CCCC12CC2. The Balaban J connectivity index is 1.73. The molecule has 15 heavy (non-hydrogen) atoms. The third-order valence-corrected chi connectivity index (χ3v) is 3.49. The number of nitrogens with one attached hydrogen (secondary N) is 1. The van der Waals surface area contributed by atoms with Crippen LogP contribution in [0.5, 0.6) is 0 Å². The highest BCUT2D eigenvalue weighted by Crippen LogP contribution is 2.57. The van der Waals surface area contributed by atoms with E-state index in [0.717, 1.165) is 6.42 Å². The molecular formula is C10H15NO4. The van der Waals surface area contributed by atoms with Gasteiger partial charge in [-0.15, -0.1) is 0 Å². The Morgan fingerprint density at radius 3 is 2.73 bits per heavy atom. The molecule has 0 amide bonds. The van der Waals surface area contributed by atoms with Crippen molar-refractivity contribution in [1.82, 2.24) is 5.32 Å². The molecule has 84 valence electrons. The van der Waals surface area contributed by atoms with Gasteiger partial charge in [0, 0.05) is 6.04 Å². The van der Waals surface area contributed by atoms with E-state index < -0.39 is 12.1 Å². The van der Waals surface area contributed by atoms with Crippen molar-refractivity contribution in [2.75, 3.05) is 6.54 Å². The van der Waals surface area contributed by atoms with Crippen LogP contribution in [0.1, 0.15) is 32.1 Å². The Morgan fingerprint density at radius 2 is 2.13 bits per heavy atom. The van der Waals surface area contributed by atoms with Gasteiger partial charge in [-0.3, -0.25) is 4.79 Å². The lowest BCUT2D eigenvalue weighted by Crippen LogP contribution is -2.38. The standard InChI is InChI=1S/C10H15NO4/c12-8(15-9(13)14)6-11-7-2-1-3-10(7)4-5-10/h7,11H,1-6H2,(H,13,14). The molecule has 2 saturated carbocycles. The average Bonchev–Trinajstić information content (AvgIpc) is 2.77. The molecule has 0 bridgehead atoms. The number of carboxylic acid groups (broad SMARTS) is 1. The fraction of sp³-hybridized carbons (Fsp3) is 0.800. The summed E-state index contributed by atoms with van der Waals surface area (Å²) < 4.78 is 4.01. The number of carbonyl (C=O) groups excluding carboxylic acids is 1. The molecule has 2 aliphatic carbocycles. The largest absolute Gasteiger partial charge is 0.513 e. The summed E-state index contributed by atoms with van der Waals surface area (Å²) in [6.07, 6.45) is 4.46. The molecule has 5 nitrogen and oxygen atoms in total. The predicted octanol–water partition coefficient (Wildman–Crippen LogP) is 1.13. The number of esters is 1. The van der Waals surface area contributed by atoms with Crippen molar-refractivity contribution in [3.05, 3.63) is 0 Å². The van der Waals surface area contributed by atoms with Gasteiger partial charge in [0.2, 0.25) is 0 Å². The summed E-state index contributed by atoms with van der Waals surface area (Å²) in [5.41, 5.74) is 0.420. The molecule has 0 aromatic rings. The molecule has 5 heteroatoms. The van der Waals surface area contributed by atoms with Crippen LogP contribution in [0, 0.1) is 5.41 Å². The summed E-state index contributed by atoms with van der Waals surface area (Å²) >= 11 is 0. The third-order valence-electron chi connectivity index (χ3n) is 3.49. The van der Waals surface area contributed by atoms with Crippen molar-refractivity contribution >= 4 is 12.1 Å². The van der Waals surface area contributed by atoms with E-state index in [1.165, 1.54) is 25.7 Å². The Morgan fingerprint density at radius 1 is 1.40 bits per heavy atom. The van der Waals surface area contributed by atoms with Gasteiger partial charge < -0.3 is 15.2 Å². The Bertz CT molecular complexity index is 285. The molecule has 2 N–H and O–H groups in total. The van der Waals surface area contributed by atoms with Crippen molar-refractivity contribution in [3.8, 4) is 0 Å². The van der Waals surface area contributed by atoms with E-state index in [0.29, 0.717) is 11.5 Å². The van der Waals surface area contributed by atoms with Crippen molar-refractivity contribution in [2.24, 2.45) is 5.41 Å². The quantitative estimate of drug-likeness (QED) is 0.543. The third kappa shape index (κ3) is 2.28. The number of carbonyl (C=O) groups is 2. The van der Waals surface area contributed by atoms with Gasteiger partial charge in [-0.05, 0) is 31.1 Å². The van der Waals surface area contributed by atoms with E-state index in [1.807, 2.05) is 0 Å². The normalized spacial score (nSPS) is 26.5. The molecule has 2 fully saturated rings. The first kappa shape index (κ1) is 10.4. The smallest absolute Gasteiger partial charge is 0.449 e. The second-order valence-electron chi connectivity index (χ2n) is 4.43. The summed E-state index contributed by atoms with van der Waals surface area (Å²) in [5, 5.41) is 11.3. The lowest BCUT2D eigenvalue weighted by atomic mass is 10.0. The van der Waals surface area contributed by atoms with E-state index >= 15 is 0 Å². The van der Waals surface area contributed by atoms with Gasteiger partial charge in [0.05, 0.1) is 6.54 Å². The Hall–Kier alpha value is -1.10. The van der Waals surface area contributed by atoms with Crippen LogP contribution in [0.25, 0.3) is 0 Å². The number of hydrogen-bond acceptors (Lipinski definition) is 4. The fourth-order valence-corrected chi connectivity index (χ4v) is 2.56. The van der Waals surface area contributed by atoms with Gasteiger partial charge >= 0.3 is 12.1 Å². The van der Waals surface area contributed by atoms with E-state index in [4.69, 9.17) is 5.11 Å². The van der Waals surface area contributed by atoms with Crippen LogP contribution in [0.15, 0.2) is 0 Å². The summed E-state index contributed by atoms with van der Waals surface area (Å²) in [7, 11) is 0. The number of hydrogen-bond donors (Lipinski definition) is 2. The van der Waals surface area contributed by atoms with Gasteiger partial charge in [0.1, 0.15) is 0 Å². The summed E-state index contributed by atoms with van der Waals surface area (Å²) in [4.78, 5) is 21.1. The van der Waals surface area contributed by atoms with E-state index in [9.17, 15) is 9.59 Å². The minimum absolute atomic E-state index is 0.00127. The molecule has 0 aliphatic heterocycles. The van der Waals surface area contributed by atoms with E-state index in [1.54, 1.807) is 0 Å². The predicted molar refractivity (Wildman–Crippen MR) is 51.4 cm³/mol. The summed E-state index contributed by atoms with van der Waals surface area (Å²) in [6, 6.07) is 0.374. The minimum atomic E-state index is -1.53. The molecule has 1 spiro atoms. The summed E-state index contributed by atoms with van der Waals surface area (Å²) in [5.74, 6) is -0.717. The molecule has 1 atom stereocenters. The molecule has 2 rings (SSSR count). The molecule has 0 aromatic carbocycles. The lowest BCUT2D eigenvalue weighted by Gasteiger charge is -2.18. The van der Waals surface area contributed by atoms with Crippen molar-refractivity contribution in [2.45, 2.75) is 38.1 Å². The second kappa shape index (κ2) is 3.81. The van der Waals surface area contributed by atoms with Crippen LogP contribution >= 0.6 is 0 Å². The zero-order chi connectivity index (χ0) is 10.9. The highest BCUT2D eigenvalue weighted by Gasteiger charge is 2.51. The summed E-state index contributed by atoms with van der Waals surface area (Å²) in [6.45, 7) is -0.00127. The zero-order valence-corrected chi connectivity index (χ0v) is 8.49. The molecule has 0 saturated heterocycles. The van der Waals surface area contributed by atoms with Crippen LogP contribution < -0.4 is 5.32 Å². The highest BCUT2D eigenvalue weighted by molar-refractivity contribution is 5.82. The van der Waals surface area contributed by atoms with Crippen molar-refractivity contribution < 1.29 is 19.4 Å². The zero-order valence-electron chi connectivity index (χ0n) is 8.49. The van der Waals surface area contributed by atoms with Gasteiger partial charge in [-0.2, -0.15) is 0 Å². The van der Waals surface area contributed by atoms with E-state index in [-0.39, 0.29) is 6.54 Å². The molecule has 0 radical (unpaired) electrons. The van der Waals surface area contributed by atoms with Crippen LogP contribution in [0.3, 0.4) is 0 Å². The first-order valence-corrected chi connectivity index (χ1v) is 5.29. The van der Waals surface area contributed by atoms with Gasteiger partial charge in [0.15, 0.2) is 0 Å². The molecule has 0 heterocycles. The van der Waals surface area contributed by atoms with Gasteiger partial charge in [-0.1, -0.05) is 6.42 Å². The maximum Gasteiger partial charge on any atom is 0.513 e. The fourth-order valence-electron chi connectivity index (χ4n) is 2.56. The Labute approximate surface area is 87.8 Å². The lowest BCUT2D eigenvalue weighted by molar-refractivity contribution is -0.138. The van der Waals surface area contributed by atoms with Gasteiger partial charge in [0.25, 0.3) is 0 Å².